The number of hydrogen-bond acceptors (Lipinski definition) is 2. The minimum atomic E-state index is -0.381. The Morgan fingerprint density at radius 1 is 1.46 bits per heavy atom. The summed E-state index contributed by atoms with van der Waals surface area (Å²) in [5.41, 5.74) is 6.66. The Kier molecular flexibility index (Phi) is 2.06. The van der Waals surface area contributed by atoms with Crippen LogP contribution < -0.4 is 5.73 Å². The number of rotatable bonds is 2. The zero-order valence-corrected chi connectivity index (χ0v) is 7.96. The van der Waals surface area contributed by atoms with Gasteiger partial charge in [-0.2, -0.15) is 0 Å². The molecular formula is C10H12ClNO. The van der Waals surface area contributed by atoms with Gasteiger partial charge in [0.2, 0.25) is 0 Å². The Balaban J connectivity index is 2.16. The summed E-state index contributed by atoms with van der Waals surface area (Å²) in [7, 11) is 0. The van der Waals surface area contributed by atoms with Crippen LogP contribution in [0, 0.1) is 0 Å². The fourth-order valence-corrected chi connectivity index (χ4v) is 1.77. The van der Waals surface area contributed by atoms with Crippen LogP contribution in [-0.4, -0.2) is 17.3 Å². The molecule has 1 saturated carbocycles. The van der Waals surface area contributed by atoms with Gasteiger partial charge < -0.3 is 10.8 Å². The summed E-state index contributed by atoms with van der Waals surface area (Å²) >= 11 is 5.76. The Bertz CT molecular complexity index is 311. The van der Waals surface area contributed by atoms with E-state index in [1.165, 1.54) is 5.56 Å². The molecule has 0 radical (unpaired) electrons. The zero-order valence-electron chi connectivity index (χ0n) is 7.20. The second-order valence-corrected chi connectivity index (χ2v) is 4.14. The molecule has 1 fully saturated rings. The van der Waals surface area contributed by atoms with E-state index in [1.807, 2.05) is 24.3 Å². The smallest absolute Gasteiger partial charge is 0.0617 e. The van der Waals surface area contributed by atoms with Crippen molar-refractivity contribution in [1.82, 2.24) is 0 Å². The van der Waals surface area contributed by atoms with Crippen molar-refractivity contribution in [3.63, 3.8) is 0 Å². The van der Waals surface area contributed by atoms with Crippen molar-refractivity contribution in [2.45, 2.75) is 17.9 Å². The van der Waals surface area contributed by atoms with Crippen molar-refractivity contribution in [2.24, 2.45) is 5.73 Å². The second kappa shape index (κ2) is 2.98. The lowest BCUT2D eigenvalue weighted by Gasteiger charge is -2.06. The lowest BCUT2D eigenvalue weighted by Crippen LogP contribution is -2.28. The zero-order chi connectivity index (χ0) is 9.47. The highest BCUT2D eigenvalue weighted by atomic mass is 35.5. The van der Waals surface area contributed by atoms with Crippen molar-refractivity contribution in [1.29, 1.82) is 0 Å². The molecule has 0 aliphatic heterocycles. The normalized spacial score (nSPS) is 31.8. The van der Waals surface area contributed by atoms with E-state index in [1.54, 1.807) is 0 Å². The van der Waals surface area contributed by atoms with Crippen LogP contribution in [0.5, 0.6) is 0 Å². The molecule has 1 aromatic carbocycles. The van der Waals surface area contributed by atoms with Gasteiger partial charge in [-0.3, -0.25) is 0 Å². The van der Waals surface area contributed by atoms with Crippen LogP contribution in [0.15, 0.2) is 24.3 Å². The molecule has 1 aliphatic carbocycles. The van der Waals surface area contributed by atoms with Gasteiger partial charge in [-0.15, -0.1) is 0 Å². The molecule has 2 atom stereocenters. The first-order valence-electron chi connectivity index (χ1n) is 4.31. The molecule has 0 bridgehead atoms. The Hall–Kier alpha value is -0.570. The highest BCUT2D eigenvalue weighted by molar-refractivity contribution is 6.30. The standard InChI is InChI=1S/C10H12ClNO/c11-8-3-1-7(2-4-8)9-5-10(9,12)6-13/h1-4,9,13H,5-6,12H2. The average Bonchev–Trinajstić information content (AvgIpc) is 2.81. The van der Waals surface area contributed by atoms with Crippen LogP contribution in [-0.2, 0) is 0 Å². The number of aliphatic hydroxyl groups is 1. The molecule has 1 aromatic rings. The first-order chi connectivity index (χ1) is 6.15. The van der Waals surface area contributed by atoms with Crippen molar-refractivity contribution >= 4 is 11.6 Å². The van der Waals surface area contributed by atoms with Gasteiger partial charge in [0.1, 0.15) is 0 Å². The molecule has 13 heavy (non-hydrogen) atoms. The topological polar surface area (TPSA) is 46.2 Å². The third-order valence-electron chi connectivity index (χ3n) is 2.68. The second-order valence-electron chi connectivity index (χ2n) is 3.70. The molecule has 3 heteroatoms. The minimum absolute atomic E-state index is 0.0558. The van der Waals surface area contributed by atoms with Gasteiger partial charge in [0.25, 0.3) is 0 Å². The number of halogens is 1. The predicted molar refractivity (Wildman–Crippen MR) is 52.8 cm³/mol. The molecule has 0 heterocycles. The summed E-state index contributed by atoms with van der Waals surface area (Å²) < 4.78 is 0. The quantitative estimate of drug-likeness (QED) is 0.755. The third kappa shape index (κ3) is 1.57. The molecular weight excluding hydrogens is 186 g/mol. The first kappa shape index (κ1) is 9.00. The van der Waals surface area contributed by atoms with E-state index in [9.17, 15) is 0 Å². The highest BCUT2D eigenvalue weighted by Gasteiger charge is 2.51. The van der Waals surface area contributed by atoms with E-state index in [0.717, 1.165) is 11.4 Å². The van der Waals surface area contributed by atoms with Crippen molar-refractivity contribution < 1.29 is 5.11 Å². The van der Waals surface area contributed by atoms with Crippen molar-refractivity contribution in [3.8, 4) is 0 Å². The van der Waals surface area contributed by atoms with E-state index in [0.29, 0.717) is 5.92 Å². The summed E-state index contributed by atoms with van der Waals surface area (Å²) in [6.07, 6.45) is 0.866. The van der Waals surface area contributed by atoms with E-state index < -0.39 is 0 Å². The molecule has 0 amide bonds. The number of nitrogens with two attached hydrogens (primary N) is 1. The molecule has 0 spiro atoms. The van der Waals surface area contributed by atoms with Crippen molar-refractivity contribution in [2.75, 3.05) is 6.61 Å². The predicted octanol–water partition coefficient (Wildman–Crippen LogP) is 1.52. The van der Waals surface area contributed by atoms with Gasteiger partial charge in [0.05, 0.1) is 6.61 Å². The van der Waals surface area contributed by atoms with Crippen LogP contribution in [0.2, 0.25) is 5.02 Å². The molecule has 0 saturated heterocycles. The summed E-state index contributed by atoms with van der Waals surface area (Å²) in [5, 5.41) is 9.73. The van der Waals surface area contributed by atoms with E-state index in [-0.39, 0.29) is 12.1 Å². The van der Waals surface area contributed by atoms with Gasteiger partial charge in [0.15, 0.2) is 0 Å². The molecule has 2 rings (SSSR count). The van der Waals surface area contributed by atoms with Gasteiger partial charge in [0, 0.05) is 16.5 Å². The highest BCUT2D eigenvalue weighted by Crippen LogP contribution is 2.49. The van der Waals surface area contributed by atoms with Gasteiger partial charge >= 0.3 is 0 Å². The van der Waals surface area contributed by atoms with Crippen LogP contribution in [0.3, 0.4) is 0 Å². The number of hydrogen-bond donors (Lipinski definition) is 2. The fraction of sp³-hybridized carbons (Fsp3) is 0.400. The summed E-state index contributed by atoms with van der Waals surface area (Å²) in [6.45, 7) is 0.0558. The molecule has 0 aromatic heterocycles. The average molecular weight is 198 g/mol. The van der Waals surface area contributed by atoms with Gasteiger partial charge in [-0.05, 0) is 24.1 Å². The van der Waals surface area contributed by atoms with Gasteiger partial charge in [-0.25, -0.2) is 0 Å². The largest absolute Gasteiger partial charge is 0.394 e. The summed E-state index contributed by atoms with van der Waals surface area (Å²) in [6, 6.07) is 7.65. The summed E-state index contributed by atoms with van der Waals surface area (Å²) in [4.78, 5) is 0. The maximum absolute atomic E-state index is 9.00. The molecule has 1 aliphatic rings. The third-order valence-corrected chi connectivity index (χ3v) is 2.94. The minimum Gasteiger partial charge on any atom is -0.394 e. The van der Waals surface area contributed by atoms with E-state index >= 15 is 0 Å². The van der Waals surface area contributed by atoms with Crippen LogP contribution >= 0.6 is 11.6 Å². The van der Waals surface area contributed by atoms with E-state index in [4.69, 9.17) is 22.4 Å². The Morgan fingerprint density at radius 2 is 2.08 bits per heavy atom. The summed E-state index contributed by atoms with van der Waals surface area (Å²) in [5.74, 6) is 0.301. The van der Waals surface area contributed by atoms with Crippen molar-refractivity contribution in [3.05, 3.63) is 34.9 Å². The molecule has 70 valence electrons. The maximum atomic E-state index is 9.00. The van der Waals surface area contributed by atoms with Gasteiger partial charge in [-0.1, -0.05) is 23.7 Å². The fourth-order valence-electron chi connectivity index (χ4n) is 1.64. The lowest BCUT2D eigenvalue weighted by atomic mass is 10.1. The Labute approximate surface area is 82.3 Å². The van der Waals surface area contributed by atoms with Crippen LogP contribution in [0.25, 0.3) is 0 Å². The maximum Gasteiger partial charge on any atom is 0.0617 e. The SMILES string of the molecule is NC1(CO)CC1c1ccc(Cl)cc1. The molecule has 2 nitrogen and oxygen atoms in total. The molecule has 3 N–H and O–H groups in total. The number of benzene rings is 1. The first-order valence-corrected chi connectivity index (χ1v) is 4.69. The van der Waals surface area contributed by atoms with Crippen LogP contribution in [0.4, 0.5) is 0 Å². The number of aliphatic hydroxyl groups excluding tert-OH is 1. The molecule has 2 unspecified atom stereocenters. The Morgan fingerprint density at radius 3 is 2.54 bits per heavy atom. The van der Waals surface area contributed by atoms with E-state index in [2.05, 4.69) is 0 Å². The monoisotopic (exact) mass is 197 g/mol. The van der Waals surface area contributed by atoms with Crippen LogP contribution in [0.1, 0.15) is 17.9 Å². The lowest BCUT2D eigenvalue weighted by molar-refractivity contribution is 0.253.